The molecule has 0 aromatic heterocycles. The van der Waals surface area contributed by atoms with Crippen LogP contribution in [0.4, 0.5) is 4.79 Å². The lowest BCUT2D eigenvalue weighted by Gasteiger charge is -2.29. The predicted molar refractivity (Wildman–Crippen MR) is 89.8 cm³/mol. The quantitative estimate of drug-likeness (QED) is 0.813. The van der Waals surface area contributed by atoms with Crippen LogP contribution < -0.4 is 0 Å². The molecule has 25 heavy (non-hydrogen) atoms. The number of aliphatic hydroxyl groups excluding tert-OH is 1. The van der Waals surface area contributed by atoms with Gasteiger partial charge in [-0.05, 0) is 26.3 Å². The van der Waals surface area contributed by atoms with Crippen LogP contribution in [0.2, 0.25) is 0 Å². The number of esters is 1. The number of amides is 1. The van der Waals surface area contributed by atoms with E-state index in [4.69, 9.17) is 14.2 Å². The van der Waals surface area contributed by atoms with Gasteiger partial charge in [0.25, 0.3) is 0 Å². The summed E-state index contributed by atoms with van der Waals surface area (Å²) in [7, 11) is 0. The molecular weight excluding hydrogens is 326 g/mol. The highest BCUT2D eigenvalue weighted by Crippen LogP contribution is 2.17. The fourth-order valence-electron chi connectivity index (χ4n) is 2.46. The van der Waals surface area contributed by atoms with Gasteiger partial charge in [-0.15, -0.1) is 0 Å². The van der Waals surface area contributed by atoms with Gasteiger partial charge in [0.2, 0.25) is 0 Å². The molecule has 1 N–H and O–H groups in total. The van der Waals surface area contributed by atoms with Crippen LogP contribution in [-0.4, -0.2) is 59.6 Å². The van der Waals surface area contributed by atoms with Crippen LogP contribution in [0.15, 0.2) is 30.3 Å². The number of carbonyl (C=O) groups excluding carboxylic acids is 2. The van der Waals surface area contributed by atoms with E-state index >= 15 is 0 Å². The van der Waals surface area contributed by atoms with Crippen LogP contribution in [0.1, 0.15) is 26.3 Å². The first-order valence-corrected chi connectivity index (χ1v) is 8.21. The van der Waals surface area contributed by atoms with Crippen molar-refractivity contribution < 1.29 is 28.9 Å². The summed E-state index contributed by atoms with van der Waals surface area (Å²) >= 11 is 0. The molecule has 0 unspecified atom stereocenters. The number of benzene rings is 1. The van der Waals surface area contributed by atoms with Gasteiger partial charge in [0.1, 0.15) is 24.9 Å². The molecular formula is C18H25NO6. The molecule has 1 amide bonds. The normalized spacial score (nSPS) is 20.2. The minimum atomic E-state index is -0.869. The van der Waals surface area contributed by atoms with E-state index in [-0.39, 0.29) is 26.4 Å². The minimum absolute atomic E-state index is 0.0775. The van der Waals surface area contributed by atoms with E-state index in [1.54, 1.807) is 20.8 Å². The van der Waals surface area contributed by atoms with Crippen molar-refractivity contribution in [2.24, 2.45) is 0 Å². The third-order valence-corrected chi connectivity index (χ3v) is 3.58. The van der Waals surface area contributed by atoms with Gasteiger partial charge in [-0.3, -0.25) is 9.69 Å². The zero-order valence-corrected chi connectivity index (χ0v) is 14.8. The van der Waals surface area contributed by atoms with Gasteiger partial charge in [-0.1, -0.05) is 30.3 Å². The summed E-state index contributed by atoms with van der Waals surface area (Å²) in [6, 6.07) is 8.58. The number of rotatable bonds is 5. The number of hydrogen-bond donors (Lipinski definition) is 1. The van der Waals surface area contributed by atoms with Crippen molar-refractivity contribution in [2.45, 2.75) is 45.1 Å². The lowest BCUT2D eigenvalue weighted by molar-refractivity contribution is -0.156. The maximum Gasteiger partial charge on any atom is 0.411 e. The van der Waals surface area contributed by atoms with Crippen LogP contribution in [-0.2, 0) is 25.6 Å². The largest absolute Gasteiger partial charge is 0.459 e. The van der Waals surface area contributed by atoms with Gasteiger partial charge in [0.05, 0.1) is 19.3 Å². The maximum absolute atomic E-state index is 12.5. The van der Waals surface area contributed by atoms with Crippen LogP contribution in [0.25, 0.3) is 0 Å². The Morgan fingerprint density at radius 2 is 1.92 bits per heavy atom. The van der Waals surface area contributed by atoms with Gasteiger partial charge in [0.15, 0.2) is 0 Å². The third kappa shape index (κ3) is 6.03. The molecule has 1 aliphatic rings. The van der Waals surface area contributed by atoms with Crippen molar-refractivity contribution in [3.8, 4) is 0 Å². The van der Waals surface area contributed by atoms with Gasteiger partial charge in [-0.25, -0.2) is 4.79 Å². The molecule has 1 fully saturated rings. The SMILES string of the molecule is CC(C)(C)OC(=O)CN(C(=O)OCc1ccccc1)[C@@H]1COC[C@H]1O. The Morgan fingerprint density at radius 3 is 2.48 bits per heavy atom. The molecule has 138 valence electrons. The summed E-state index contributed by atoms with van der Waals surface area (Å²) in [5, 5.41) is 10.0. The molecule has 7 nitrogen and oxygen atoms in total. The average molecular weight is 351 g/mol. The Balaban J connectivity index is 2.02. The second kappa shape index (κ2) is 8.31. The Bertz CT molecular complexity index is 583. The average Bonchev–Trinajstić information content (AvgIpc) is 2.95. The molecule has 0 bridgehead atoms. The highest BCUT2D eigenvalue weighted by atomic mass is 16.6. The molecule has 0 spiro atoms. The Morgan fingerprint density at radius 1 is 1.24 bits per heavy atom. The number of aliphatic hydroxyl groups is 1. The number of nitrogens with zero attached hydrogens (tertiary/aromatic N) is 1. The number of hydrogen-bond acceptors (Lipinski definition) is 6. The van der Waals surface area contributed by atoms with E-state index in [9.17, 15) is 14.7 Å². The van der Waals surface area contributed by atoms with Crippen molar-refractivity contribution in [1.29, 1.82) is 0 Å². The van der Waals surface area contributed by atoms with Gasteiger partial charge in [-0.2, -0.15) is 0 Å². The Hall–Kier alpha value is -2.12. The van der Waals surface area contributed by atoms with E-state index in [1.807, 2.05) is 30.3 Å². The lowest BCUT2D eigenvalue weighted by atomic mass is 10.2. The van der Waals surface area contributed by atoms with Crippen LogP contribution >= 0.6 is 0 Å². The fourth-order valence-corrected chi connectivity index (χ4v) is 2.46. The summed E-state index contributed by atoms with van der Waals surface area (Å²) in [6.45, 7) is 5.26. The zero-order valence-electron chi connectivity index (χ0n) is 14.8. The molecule has 2 rings (SSSR count). The van der Waals surface area contributed by atoms with Crippen molar-refractivity contribution in [3.05, 3.63) is 35.9 Å². The van der Waals surface area contributed by atoms with Crippen molar-refractivity contribution in [2.75, 3.05) is 19.8 Å². The molecule has 1 aliphatic heterocycles. The summed E-state index contributed by atoms with van der Waals surface area (Å²) in [5.41, 5.74) is 0.165. The molecule has 1 aromatic carbocycles. The van der Waals surface area contributed by atoms with Crippen molar-refractivity contribution in [3.63, 3.8) is 0 Å². The second-order valence-corrected chi connectivity index (χ2v) is 6.93. The second-order valence-electron chi connectivity index (χ2n) is 6.93. The van der Waals surface area contributed by atoms with E-state index in [0.29, 0.717) is 0 Å². The van der Waals surface area contributed by atoms with Gasteiger partial charge < -0.3 is 19.3 Å². The monoisotopic (exact) mass is 351 g/mol. The highest BCUT2D eigenvalue weighted by molar-refractivity contribution is 5.78. The fraction of sp³-hybridized carbons (Fsp3) is 0.556. The number of carbonyl (C=O) groups is 2. The van der Waals surface area contributed by atoms with E-state index < -0.39 is 29.8 Å². The minimum Gasteiger partial charge on any atom is -0.459 e. The molecule has 1 heterocycles. The van der Waals surface area contributed by atoms with E-state index in [1.165, 1.54) is 4.90 Å². The summed E-state index contributed by atoms with van der Waals surface area (Å²) in [6.07, 6.45) is -1.56. The first kappa shape index (κ1) is 19.2. The Kier molecular flexibility index (Phi) is 6.39. The standard InChI is InChI=1S/C18H25NO6/c1-18(2,3)25-16(21)9-19(14-11-23-12-15(14)20)17(22)24-10-13-7-5-4-6-8-13/h4-8,14-15,20H,9-12H2,1-3H3/t14-,15-/m1/s1. The molecule has 0 aliphatic carbocycles. The molecule has 0 saturated carbocycles. The van der Waals surface area contributed by atoms with Crippen LogP contribution in [0.3, 0.4) is 0 Å². The lowest BCUT2D eigenvalue weighted by Crippen LogP contribution is -2.50. The highest BCUT2D eigenvalue weighted by Gasteiger charge is 2.37. The first-order chi connectivity index (χ1) is 11.8. The topological polar surface area (TPSA) is 85.3 Å². The molecule has 2 atom stereocenters. The predicted octanol–water partition coefficient (Wildman–Crippen LogP) is 1.73. The van der Waals surface area contributed by atoms with E-state index in [2.05, 4.69) is 0 Å². The van der Waals surface area contributed by atoms with E-state index in [0.717, 1.165) is 5.56 Å². The van der Waals surface area contributed by atoms with Gasteiger partial charge >= 0.3 is 12.1 Å². The molecule has 1 aromatic rings. The molecule has 1 saturated heterocycles. The summed E-state index contributed by atoms with van der Waals surface area (Å²) in [4.78, 5) is 25.8. The Labute approximate surface area is 147 Å². The van der Waals surface area contributed by atoms with Crippen molar-refractivity contribution in [1.82, 2.24) is 4.90 Å². The van der Waals surface area contributed by atoms with Crippen molar-refractivity contribution >= 4 is 12.1 Å². The molecule has 7 heteroatoms. The van der Waals surface area contributed by atoms with Crippen LogP contribution in [0, 0.1) is 0 Å². The van der Waals surface area contributed by atoms with Gasteiger partial charge in [0, 0.05) is 0 Å². The number of ether oxygens (including phenoxy) is 3. The third-order valence-electron chi connectivity index (χ3n) is 3.58. The maximum atomic E-state index is 12.5. The smallest absolute Gasteiger partial charge is 0.411 e. The summed E-state index contributed by atoms with van der Waals surface area (Å²) in [5.74, 6) is -0.566. The summed E-state index contributed by atoms with van der Waals surface area (Å²) < 4.78 is 15.8. The first-order valence-electron chi connectivity index (χ1n) is 8.21. The van der Waals surface area contributed by atoms with Crippen LogP contribution in [0.5, 0.6) is 0 Å². The molecule has 0 radical (unpaired) electrons. The zero-order chi connectivity index (χ0) is 18.4.